The van der Waals surface area contributed by atoms with Crippen LogP contribution >= 0.6 is 0 Å². The van der Waals surface area contributed by atoms with Gasteiger partial charge in [0, 0.05) is 6.20 Å². The molecule has 2 N–H and O–H groups in total. The predicted octanol–water partition coefficient (Wildman–Crippen LogP) is 4.26. The van der Waals surface area contributed by atoms with Crippen molar-refractivity contribution < 1.29 is 9.53 Å². The second-order valence-corrected chi connectivity index (χ2v) is 8.35. The van der Waals surface area contributed by atoms with Crippen molar-refractivity contribution in [3.8, 4) is 5.75 Å². The van der Waals surface area contributed by atoms with Crippen LogP contribution < -0.4 is 10.2 Å². The van der Waals surface area contributed by atoms with Crippen LogP contribution in [-0.4, -0.2) is 23.7 Å². The Morgan fingerprint density at radius 2 is 1.85 bits per heavy atom. The zero-order chi connectivity index (χ0) is 19.2. The smallest absolute Gasteiger partial charge is 0.277 e. The lowest BCUT2D eigenvalue weighted by molar-refractivity contribution is -0.123. The average Bonchev–Trinajstić information content (AvgIpc) is 3.04. The van der Waals surface area contributed by atoms with Crippen LogP contribution in [0.5, 0.6) is 5.75 Å². The fraction of sp³-hybridized carbons (Fsp3) is 0.429. The van der Waals surface area contributed by atoms with E-state index in [9.17, 15) is 4.79 Å². The summed E-state index contributed by atoms with van der Waals surface area (Å²) in [4.78, 5) is 14.7. The van der Waals surface area contributed by atoms with Crippen LogP contribution in [-0.2, 0) is 10.2 Å². The summed E-state index contributed by atoms with van der Waals surface area (Å²) in [5.41, 5.74) is 4.87. The maximum absolute atomic E-state index is 11.8. The van der Waals surface area contributed by atoms with Gasteiger partial charge in [-0.2, -0.15) is 5.10 Å². The molecule has 0 atom stereocenters. The summed E-state index contributed by atoms with van der Waals surface area (Å²) in [6.45, 7) is 11.2. The molecule has 0 aliphatic rings. The highest BCUT2D eigenvalue weighted by molar-refractivity contribution is 5.81. The summed E-state index contributed by atoms with van der Waals surface area (Å²) < 4.78 is 5.53. The maximum atomic E-state index is 11.8. The number of ether oxygens (including phenoxy) is 1. The number of nitrogens with zero attached hydrogens (tertiary/aromatic N) is 1. The third kappa shape index (κ3) is 6.39. The van der Waals surface area contributed by atoms with Crippen molar-refractivity contribution >= 4 is 12.1 Å². The van der Waals surface area contributed by atoms with Crippen LogP contribution in [0, 0.1) is 5.41 Å². The van der Waals surface area contributed by atoms with E-state index in [4.69, 9.17) is 4.74 Å². The van der Waals surface area contributed by atoms with Crippen molar-refractivity contribution in [2.45, 2.75) is 46.5 Å². The number of aromatic amines is 1. The zero-order valence-electron chi connectivity index (χ0n) is 16.3. The molecule has 0 radical (unpaired) electrons. The third-order valence-electron chi connectivity index (χ3n) is 3.99. The second kappa shape index (κ2) is 8.21. The first-order chi connectivity index (χ1) is 12.2. The topological polar surface area (TPSA) is 66.5 Å². The Labute approximate surface area is 155 Å². The Bertz CT molecular complexity index is 724. The molecule has 5 heteroatoms. The Balaban J connectivity index is 1.84. The fourth-order valence-electron chi connectivity index (χ4n) is 3.21. The van der Waals surface area contributed by atoms with Crippen LogP contribution in [0.2, 0.25) is 0 Å². The van der Waals surface area contributed by atoms with E-state index in [1.807, 2.05) is 24.3 Å². The third-order valence-corrected chi connectivity index (χ3v) is 3.99. The van der Waals surface area contributed by atoms with E-state index in [-0.39, 0.29) is 23.3 Å². The highest BCUT2D eigenvalue weighted by atomic mass is 16.5. The van der Waals surface area contributed by atoms with Crippen molar-refractivity contribution in [2.75, 3.05) is 6.61 Å². The van der Waals surface area contributed by atoms with Crippen LogP contribution in [0.25, 0.3) is 0 Å². The van der Waals surface area contributed by atoms with Gasteiger partial charge in [-0.1, -0.05) is 46.8 Å². The number of hydrogen-bond donors (Lipinski definition) is 2. The molecule has 0 saturated heterocycles. The molecule has 1 aromatic carbocycles. The van der Waals surface area contributed by atoms with Gasteiger partial charge in [-0.15, -0.1) is 0 Å². The minimum atomic E-state index is -0.301. The number of hydrogen-bond acceptors (Lipinski definition) is 3. The van der Waals surface area contributed by atoms with E-state index in [2.05, 4.69) is 62.3 Å². The molecule has 0 fully saturated rings. The van der Waals surface area contributed by atoms with Crippen LogP contribution in [0.3, 0.4) is 0 Å². The maximum Gasteiger partial charge on any atom is 0.277 e. The first-order valence-corrected chi connectivity index (χ1v) is 8.84. The first-order valence-electron chi connectivity index (χ1n) is 8.84. The number of H-pyrrole nitrogens is 1. The molecular formula is C21H29N3O2. The standard InChI is InChI=1S/C21H29N3O2/c1-20(2,3)15-21(4,5)16-8-10-18(11-9-16)26-14-19(25)24-23-13-17-7-6-12-22-17/h6-13,22H,14-15H2,1-5H3,(H,24,25)/b23-13+. The van der Waals surface area contributed by atoms with Crippen LogP contribution in [0.15, 0.2) is 47.7 Å². The molecule has 0 spiro atoms. The number of carbonyl (C=O) groups excluding carboxylic acids is 1. The zero-order valence-corrected chi connectivity index (χ0v) is 16.3. The molecule has 2 rings (SSSR count). The van der Waals surface area contributed by atoms with Crippen LogP contribution in [0.4, 0.5) is 0 Å². The molecule has 0 bridgehead atoms. The van der Waals surface area contributed by atoms with Gasteiger partial charge >= 0.3 is 0 Å². The van der Waals surface area contributed by atoms with Gasteiger partial charge in [0.05, 0.1) is 11.9 Å². The summed E-state index contributed by atoms with van der Waals surface area (Å²) in [6, 6.07) is 11.7. The number of aromatic nitrogens is 1. The minimum Gasteiger partial charge on any atom is -0.484 e. The monoisotopic (exact) mass is 355 g/mol. The van der Waals surface area contributed by atoms with Crippen LogP contribution in [0.1, 0.15) is 52.3 Å². The van der Waals surface area contributed by atoms with Gasteiger partial charge in [0.2, 0.25) is 0 Å². The van der Waals surface area contributed by atoms with E-state index in [0.717, 1.165) is 12.1 Å². The molecule has 26 heavy (non-hydrogen) atoms. The summed E-state index contributed by atoms with van der Waals surface area (Å²) in [7, 11) is 0. The molecule has 1 amide bonds. The summed E-state index contributed by atoms with van der Waals surface area (Å²) >= 11 is 0. The highest BCUT2D eigenvalue weighted by Crippen LogP contribution is 2.36. The van der Waals surface area contributed by atoms with Crippen molar-refractivity contribution in [3.05, 3.63) is 53.9 Å². The van der Waals surface area contributed by atoms with Gasteiger partial charge in [-0.3, -0.25) is 4.79 Å². The molecule has 1 heterocycles. The largest absolute Gasteiger partial charge is 0.484 e. The lowest BCUT2D eigenvalue weighted by Gasteiger charge is -2.33. The van der Waals surface area contributed by atoms with E-state index in [1.165, 1.54) is 5.56 Å². The Morgan fingerprint density at radius 1 is 1.15 bits per heavy atom. The van der Waals surface area contributed by atoms with Gasteiger partial charge in [-0.25, -0.2) is 5.43 Å². The molecule has 0 unspecified atom stereocenters. The second-order valence-electron chi connectivity index (χ2n) is 8.35. The minimum absolute atomic E-state index is 0.0766. The van der Waals surface area contributed by atoms with Crippen molar-refractivity contribution in [3.63, 3.8) is 0 Å². The normalized spacial score (nSPS) is 12.3. The summed E-state index contributed by atoms with van der Waals surface area (Å²) in [5, 5.41) is 3.87. The van der Waals surface area contributed by atoms with Crippen molar-refractivity contribution in [2.24, 2.45) is 10.5 Å². The SMILES string of the molecule is CC(C)(C)CC(C)(C)c1ccc(OCC(=O)N/N=C/c2ccc[nH]2)cc1. The molecule has 5 nitrogen and oxygen atoms in total. The first kappa shape index (κ1) is 19.8. The van der Waals surface area contributed by atoms with Crippen molar-refractivity contribution in [1.29, 1.82) is 0 Å². The molecule has 0 saturated carbocycles. The van der Waals surface area contributed by atoms with Gasteiger partial charge in [0.25, 0.3) is 5.91 Å². The molecule has 2 aromatic rings. The number of nitrogens with one attached hydrogen (secondary N) is 2. The van der Waals surface area contributed by atoms with Gasteiger partial charge in [-0.05, 0) is 47.1 Å². The molecular weight excluding hydrogens is 326 g/mol. The highest BCUT2D eigenvalue weighted by Gasteiger charge is 2.27. The predicted molar refractivity (Wildman–Crippen MR) is 106 cm³/mol. The lowest BCUT2D eigenvalue weighted by atomic mass is 9.72. The number of carbonyl (C=O) groups is 1. The molecule has 1 aromatic heterocycles. The Morgan fingerprint density at radius 3 is 2.42 bits per heavy atom. The molecule has 0 aliphatic carbocycles. The van der Waals surface area contributed by atoms with E-state index in [0.29, 0.717) is 5.75 Å². The molecule has 140 valence electrons. The number of benzene rings is 1. The molecule has 0 aliphatic heterocycles. The number of hydrazone groups is 1. The quantitative estimate of drug-likeness (QED) is 0.576. The number of rotatable bonds is 7. The lowest BCUT2D eigenvalue weighted by Crippen LogP contribution is -2.25. The van der Waals surface area contributed by atoms with Crippen molar-refractivity contribution in [1.82, 2.24) is 10.4 Å². The van der Waals surface area contributed by atoms with Gasteiger partial charge in [0.1, 0.15) is 5.75 Å². The fourth-order valence-corrected chi connectivity index (χ4v) is 3.21. The van der Waals surface area contributed by atoms with E-state index >= 15 is 0 Å². The Kier molecular flexibility index (Phi) is 6.24. The van der Waals surface area contributed by atoms with E-state index in [1.54, 1.807) is 12.4 Å². The summed E-state index contributed by atoms with van der Waals surface area (Å²) in [5.74, 6) is 0.369. The number of amides is 1. The van der Waals surface area contributed by atoms with Gasteiger partial charge < -0.3 is 9.72 Å². The summed E-state index contributed by atoms with van der Waals surface area (Å²) in [6.07, 6.45) is 4.42. The Hall–Kier alpha value is -2.56. The van der Waals surface area contributed by atoms with E-state index < -0.39 is 0 Å². The average molecular weight is 355 g/mol. The van der Waals surface area contributed by atoms with Gasteiger partial charge in [0.15, 0.2) is 6.61 Å².